The number of methoxy groups -OCH3 is 3. The fraction of sp³-hybridized carbons (Fsp3) is 1.00. The third kappa shape index (κ3) is 5.94. The molecule has 182 valence electrons. The van der Waals surface area contributed by atoms with Crippen molar-refractivity contribution >= 4 is 0 Å². The minimum absolute atomic E-state index is 0.285. The number of aliphatic hydroxyl groups is 2. The Morgan fingerprint density at radius 1 is 0.613 bits per heavy atom. The zero-order valence-electron chi connectivity index (χ0n) is 19.2. The monoisotopic (exact) mass is 450 g/mol. The van der Waals surface area contributed by atoms with Crippen LogP contribution in [-0.2, 0) is 37.9 Å². The standard InChI is InChI=1S/C21H38O10/c1-10-19(23)13(24-4)8-17(28-10)30-21-12(3)29-18(9-15(21)26-6)31-20-11(2)27-16(22)7-14(20)25-5/h10-23H,7-9H2,1-6H3/t10-,11-,12-,13-,14-,15-,16-,17+,18-,19-,20+,21-/m1/s1. The molecule has 3 aliphatic rings. The van der Waals surface area contributed by atoms with Gasteiger partial charge in [0.2, 0.25) is 0 Å². The van der Waals surface area contributed by atoms with Crippen LogP contribution in [0.15, 0.2) is 0 Å². The fourth-order valence-electron chi connectivity index (χ4n) is 4.64. The second-order valence-corrected chi connectivity index (χ2v) is 8.56. The Bertz CT molecular complexity index is 550. The lowest BCUT2D eigenvalue weighted by atomic mass is 9.99. The van der Waals surface area contributed by atoms with E-state index in [1.165, 1.54) is 0 Å². The summed E-state index contributed by atoms with van der Waals surface area (Å²) in [5.74, 6) is 0. The summed E-state index contributed by atoms with van der Waals surface area (Å²) in [5, 5.41) is 20.0. The predicted molar refractivity (Wildman–Crippen MR) is 107 cm³/mol. The van der Waals surface area contributed by atoms with Gasteiger partial charge in [-0.25, -0.2) is 0 Å². The highest BCUT2D eigenvalue weighted by atomic mass is 16.7. The first-order valence-electron chi connectivity index (χ1n) is 11.0. The number of aliphatic hydroxyl groups excluding tert-OH is 2. The normalized spacial score (nSPS) is 49.2. The lowest BCUT2D eigenvalue weighted by Crippen LogP contribution is -2.56. The van der Waals surface area contributed by atoms with Crippen molar-refractivity contribution in [1.29, 1.82) is 0 Å². The van der Waals surface area contributed by atoms with Crippen molar-refractivity contribution in [3.05, 3.63) is 0 Å². The van der Waals surface area contributed by atoms with Crippen molar-refractivity contribution < 1.29 is 48.1 Å². The Kier molecular flexibility index (Phi) is 9.07. The third-order valence-corrected chi connectivity index (χ3v) is 6.43. The number of ether oxygens (including phenoxy) is 8. The lowest BCUT2D eigenvalue weighted by Gasteiger charge is -2.45. The second-order valence-electron chi connectivity index (χ2n) is 8.56. The maximum atomic E-state index is 10.2. The molecular weight excluding hydrogens is 412 g/mol. The Morgan fingerprint density at radius 2 is 1.06 bits per heavy atom. The van der Waals surface area contributed by atoms with Gasteiger partial charge in [-0.15, -0.1) is 0 Å². The fourth-order valence-corrected chi connectivity index (χ4v) is 4.64. The van der Waals surface area contributed by atoms with E-state index in [4.69, 9.17) is 37.9 Å². The molecule has 10 heteroatoms. The topological polar surface area (TPSA) is 114 Å². The summed E-state index contributed by atoms with van der Waals surface area (Å²) in [6.07, 6.45) is -4.26. The summed E-state index contributed by atoms with van der Waals surface area (Å²) in [7, 11) is 4.79. The highest BCUT2D eigenvalue weighted by molar-refractivity contribution is 4.88. The molecule has 0 unspecified atom stereocenters. The largest absolute Gasteiger partial charge is 0.388 e. The molecule has 3 heterocycles. The Morgan fingerprint density at radius 3 is 1.61 bits per heavy atom. The van der Waals surface area contributed by atoms with E-state index in [0.29, 0.717) is 19.3 Å². The average Bonchev–Trinajstić information content (AvgIpc) is 2.73. The van der Waals surface area contributed by atoms with Gasteiger partial charge in [0.25, 0.3) is 0 Å². The van der Waals surface area contributed by atoms with E-state index in [9.17, 15) is 10.2 Å². The van der Waals surface area contributed by atoms with Gasteiger partial charge in [0.05, 0.1) is 36.6 Å². The molecule has 31 heavy (non-hydrogen) atoms. The number of rotatable bonds is 7. The van der Waals surface area contributed by atoms with E-state index in [2.05, 4.69) is 0 Å². The number of hydrogen-bond donors (Lipinski definition) is 2. The quantitative estimate of drug-likeness (QED) is 0.570. The number of hydrogen-bond acceptors (Lipinski definition) is 10. The highest BCUT2D eigenvalue weighted by Crippen LogP contribution is 2.33. The van der Waals surface area contributed by atoms with Crippen LogP contribution in [0.3, 0.4) is 0 Å². The zero-order chi connectivity index (χ0) is 22.7. The molecule has 0 amide bonds. The maximum absolute atomic E-state index is 10.2. The molecule has 0 saturated carbocycles. The van der Waals surface area contributed by atoms with Gasteiger partial charge in [0, 0.05) is 40.6 Å². The molecule has 3 saturated heterocycles. The van der Waals surface area contributed by atoms with Crippen LogP contribution in [0.25, 0.3) is 0 Å². The molecular formula is C21H38O10. The highest BCUT2D eigenvalue weighted by Gasteiger charge is 2.45. The summed E-state index contributed by atoms with van der Waals surface area (Å²) in [6.45, 7) is 5.54. The van der Waals surface area contributed by atoms with Gasteiger partial charge in [-0.05, 0) is 20.8 Å². The van der Waals surface area contributed by atoms with Crippen molar-refractivity contribution in [2.24, 2.45) is 0 Å². The van der Waals surface area contributed by atoms with Gasteiger partial charge in [-0.1, -0.05) is 0 Å². The van der Waals surface area contributed by atoms with Gasteiger partial charge >= 0.3 is 0 Å². The average molecular weight is 451 g/mol. The summed E-state index contributed by atoms with van der Waals surface area (Å²) < 4.78 is 46.4. The predicted octanol–water partition coefficient (Wildman–Crippen LogP) is 0.560. The van der Waals surface area contributed by atoms with Crippen molar-refractivity contribution in [2.45, 2.75) is 114 Å². The first-order chi connectivity index (χ1) is 14.8. The minimum atomic E-state index is -0.872. The minimum Gasteiger partial charge on any atom is -0.388 e. The Labute approximate surface area is 184 Å². The third-order valence-electron chi connectivity index (χ3n) is 6.43. The van der Waals surface area contributed by atoms with Crippen LogP contribution < -0.4 is 0 Å². The van der Waals surface area contributed by atoms with E-state index in [1.54, 1.807) is 28.3 Å². The van der Waals surface area contributed by atoms with Crippen LogP contribution in [0.4, 0.5) is 0 Å². The van der Waals surface area contributed by atoms with E-state index in [0.717, 1.165) is 0 Å². The summed E-state index contributed by atoms with van der Waals surface area (Å²) >= 11 is 0. The molecule has 0 radical (unpaired) electrons. The molecule has 0 aromatic carbocycles. The summed E-state index contributed by atoms with van der Waals surface area (Å²) in [6, 6.07) is 0. The molecule has 3 rings (SSSR count). The van der Waals surface area contributed by atoms with Crippen LogP contribution in [0.5, 0.6) is 0 Å². The van der Waals surface area contributed by atoms with Crippen molar-refractivity contribution in [1.82, 2.24) is 0 Å². The molecule has 2 N–H and O–H groups in total. The molecule has 3 fully saturated rings. The van der Waals surface area contributed by atoms with E-state index < -0.39 is 31.1 Å². The smallest absolute Gasteiger partial charge is 0.161 e. The molecule has 12 atom stereocenters. The molecule has 0 bridgehead atoms. The van der Waals surface area contributed by atoms with Crippen molar-refractivity contribution in [3.63, 3.8) is 0 Å². The lowest BCUT2D eigenvalue weighted by molar-refractivity contribution is -0.334. The Balaban J connectivity index is 1.60. The van der Waals surface area contributed by atoms with Gasteiger partial charge in [-0.2, -0.15) is 0 Å². The van der Waals surface area contributed by atoms with Crippen LogP contribution in [0, 0.1) is 0 Å². The van der Waals surface area contributed by atoms with Crippen LogP contribution in [-0.4, -0.2) is 105 Å². The van der Waals surface area contributed by atoms with Crippen molar-refractivity contribution in [2.75, 3.05) is 21.3 Å². The van der Waals surface area contributed by atoms with Crippen LogP contribution in [0.2, 0.25) is 0 Å². The van der Waals surface area contributed by atoms with Gasteiger partial charge in [0.15, 0.2) is 18.9 Å². The van der Waals surface area contributed by atoms with Gasteiger partial charge < -0.3 is 48.1 Å². The van der Waals surface area contributed by atoms with Gasteiger partial charge in [0.1, 0.15) is 18.3 Å². The molecule has 0 aromatic rings. The summed E-state index contributed by atoms with van der Waals surface area (Å²) in [4.78, 5) is 0. The molecule has 3 aliphatic heterocycles. The molecule has 10 nitrogen and oxygen atoms in total. The zero-order valence-corrected chi connectivity index (χ0v) is 19.2. The van der Waals surface area contributed by atoms with E-state index in [-0.39, 0.29) is 42.7 Å². The van der Waals surface area contributed by atoms with Crippen LogP contribution in [0.1, 0.15) is 40.0 Å². The Hall–Kier alpha value is -0.400. The molecule has 0 aliphatic carbocycles. The van der Waals surface area contributed by atoms with E-state index >= 15 is 0 Å². The van der Waals surface area contributed by atoms with Crippen LogP contribution >= 0.6 is 0 Å². The summed E-state index contributed by atoms with van der Waals surface area (Å²) in [5.41, 5.74) is 0. The molecule has 0 spiro atoms. The second kappa shape index (κ2) is 11.1. The first-order valence-corrected chi connectivity index (χ1v) is 11.0. The van der Waals surface area contributed by atoms with E-state index in [1.807, 2.05) is 13.8 Å². The first kappa shape index (κ1) is 25.2. The van der Waals surface area contributed by atoms with Crippen molar-refractivity contribution in [3.8, 4) is 0 Å². The SMILES string of the molecule is CO[C@@H]1C[C@H](O[C@@H]2[C@@H](C)O[C@H](O[C@H]3[C@@H](C)O[C@@H](O)C[C@H]3OC)C[C@H]2OC)O[C@H](C)[C@H]1O. The molecule has 0 aromatic heterocycles. The van der Waals surface area contributed by atoms with Gasteiger partial charge in [-0.3, -0.25) is 0 Å². The maximum Gasteiger partial charge on any atom is 0.161 e.